The van der Waals surface area contributed by atoms with E-state index in [1.165, 1.54) is 28.8 Å². The predicted octanol–water partition coefficient (Wildman–Crippen LogP) is 3.21. The zero-order valence-corrected chi connectivity index (χ0v) is 11.5. The SMILES string of the molecule is CNC1CCc2c(-c3cccc4nccn34)cccc21. The lowest BCUT2D eigenvalue weighted by Gasteiger charge is -2.13. The number of aromatic nitrogens is 2. The first-order chi connectivity index (χ1) is 9.88. The monoisotopic (exact) mass is 263 g/mol. The van der Waals surface area contributed by atoms with Gasteiger partial charge in [-0.15, -0.1) is 0 Å². The van der Waals surface area contributed by atoms with Crippen molar-refractivity contribution in [2.45, 2.75) is 18.9 Å². The molecule has 0 amide bonds. The van der Waals surface area contributed by atoms with Crippen LogP contribution >= 0.6 is 0 Å². The molecule has 1 atom stereocenters. The van der Waals surface area contributed by atoms with Gasteiger partial charge in [0.1, 0.15) is 5.65 Å². The van der Waals surface area contributed by atoms with Crippen molar-refractivity contribution in [2.75, 3.05) is 7.05 Å². The second-order valence-corrected chi connectivity index (χ2v) is 5.32. The summed E-state index contributed by atoms with van der Waals surface area (Å²) in [4.78, 5) is 4.38. The zero-order chi connectivity index (χ0) is 13.5. The molecule has 4 rings (SSSR count). The molecular weight excluding hydrogens is 246 g/mol. The van der Waals surface area contributed by atoms with E-state index in [-0.39, 0.29) is 0 Å². The molecule has 0 saturated carbocycles. The van der Waals surface area contributed by atoms with Crippen LogP contribution in [0.5, 0.6) is 0 Å². The molecule has 1 aliphatic rings. The van der Waals surface area contributed by atoms with Gasteiger partial charge in [0.2, 0.25) is 0 Å². The highest BCUT2D eigenvalue weighted by atomic mass is 15.0. The molecule has 0 saturated heterocycles. The van der Waals surface area contributed by atoms with Crippen LogP contribution in [0.25, 0.3) is 16.9 Å². The second-order valence-electron chi connectivity index (χ2n) is 5.32. The minimum Gasteiger partial charge on any atom is -0.313 e. The third kappa shape index (κ3) is 1.60. The lowest BCUT2D eigenvalue weighted by Crippen LogP contribution is -2.12. The van der Waals surface area contributed by atoms with Crippen LogP contribution in [0, 0.1) is 0 Å². The number of hydrogen-bond acceptors (Lipinski definition) is 2. The molecule has 2 heterocycles. The number of imidazole rings is 1. The van der Waals surface area contributed by atoms with Crippen molar-refractivity contribution < 1.29 is 0 Å². The van der Waals surface area contributed by atoms with Gasteiger partial charge in [-0.1, -0.05) is 24.3 Å². The smallest absolute Gasteiger partial charge is 0.137 e. The Hall–Kier alpha value is -2.13. The van der Waals surface area contributed by atoms with E-state index in [4.69, 9.17) is 0 Å². The van der Waals surface area contributed by atoms with Gasteiger partial charge in [0.25, 0.3) is 0 Å². The van der Waals surface area contributed by atoms with Crippen molar-refractivity contribution in [3.8, 4) is 11.3 Å². The molecule has 3 aromatic rings. The molecule has 3 nitrogen and oxygen atoms in total. The van der Waals surface area contributed by atoms with E-state index in [1.807, 2.05) is 25.5 Å². The van der Waals surface area contributed by atoms with Crippen LogP contribution in [0.15, 0.2) is 48.8 Å². The van der Waals surface area contributed by atoms with E-state index in [2.05, 4.69) is 45.0 Å². The summed E-state index contributed by atoms with van der Waals surface area (Å²) in [5.41, 5.74) is 6.50. The van der Waals surface area contributed by atoms with Crippen molar-refractivity contribution in [1.29, 1.82) is 0 Å². The fourth-order valence-corrected chi connectivity index (χ4v) is 3.36. The van der Waals surface area contributed by atoms with E-state index >= 15 is 0 Å². The third-order valence-electron chi connectivity index (χ3n) is 4.32. The maximum Gasteiger partial charge on any atom is 0.137 e. The number of nitrogens with zero attached hydrogens (tertiary/aromatic N) is 2. The van der Waals surface area contributed by atoms with Gasteiger partial charge in [-0.3, -0.25) is 4.40 Å². The number of rotatable bonds is 2. The van der Waals surface area contributed by atoms with Gasteiger partial charge in [-0.25, -0.2) is 4.98 Å². The molecule has 0 spiro atoms. The molecule has 100 valence electrons. The molecule has 2 aromatic heterocycles. The number of hydrogen-bond donors (Lipinski definition) is 1. The maximum absolute atomic E-state index is 4.38. The minimum absolute atomic E-state index is 0.493. The lowest BCUT2D eigenvalue weighted by molar-refractivity contribution is 0.590. The average molecular weight is 263 g/mol. The Labute approximate surface area is 118 Å². The highest BCUT2D eigenvalue weighted by molar-refractivity contribution is 5.69. The van der Waals surface area contributed by atoms with E-state index in [0.29, 0.717) is 6.04 Å². The number of nitrogens with one attached hydrogen (secondary N) is 1. The Balaban J connectivity index is 1.96. The third-order valence-corrected chi connectivity index (χ3v) is 4.32. The Morgan fingerprint density at radius 2 is 2.10 bits per heavy atom. The molecule has 0 fully saturated rings. The average Bonchev–Trinajstić information content (AvgIpc) is 3.12. The van der Waals surface area contributed by atoms with Gasteiger partial charge in [0.05, 0.1) is 5.69 Å². The Morgan fingerprint density at radius 3 is 3.00 bits per heavy atom. The topological polar surface area (TPSA) is 29.3 Å². The van der Waals surface area contributed by atoms with Crippen LogP contribution in [0.1, 0.15) is 23.6 Å². The summed E-state index contributed by atoms with van der Waals surface area (Å²) in [5.74, 6) is 0. The fourth-order valence-electron chi connectivity index (χ4n) is 3.36. The summed E-state index contributed by atoms with van der Waals surface area (Å²) in [6, 6.07) is 13.4. The molecule has 3 heteroatoms. The summed E-state index contributed by atoms with van der Waals surface area (Å²) in [6.07, 6.45) is 6.22. The normalized spacial score (nSPS) is 17.6. The van der Waals surface area contributed by atoms with Crippen molar-refractivity contribution >= 4 is 5.65 Å². The largest absolute Gasteiger partial charge is 0.313 e. The predicted molar refractivity (Wildman–Crippen MR) is 80.7 cm³/mol. The van der Waals surface area contributed by atoms with Crippen molar-refractivity contribution in [2.24, 2.45) is 0 Å². The quantitative estimate of drug-likeness (QED) is 0.769. The van der Waals surface area contributed by atoms with Crippen LogP contribution in [-0.4, -0.2) is 16.4 Å². The standard InChI is InChI=1S/C17H17N3/c1-18-15-9-8-12-13(15)4-2-5-14(12)16-6-3-7-17-19-10-11-20(16)17/h2-7,10-11,15,18H,8-9H2,1H3. The first-order valence-corrected chi connectivity index (χ1v) is 7.10. The van der Waals surface area contributed by atoms with Crippen LogP contribution in [-0.2, 0) is 6.42 Å². The molecule has 1 unspecified atom stereocenters. The van der Waals surface area contributed by atoms with Gasteiger partial charge in [-0.05, 0) is 43.1 Å². The highest BCUT2D eigenvalue weighted by Gasteiger charge is 2.24. The molecule has 1 aliphatic carbocycles. The molecule has 0 radical (unpaired) electrons. The van der Waals surface area contributed by atoms with Gasteiger partial charge in [0, 0.05) is 24.0 Å². The Kier molecular flexibility index (Phi) is 2.60. The molecule has 1 N–H and O–H groups in total. The van der Waals surface area contributed by atoms with E-state index < -0.39 is 0 Å². The van der Waals surface area contributed by atoms with Gasteiger partial charge < -0.3 is 5.32 Å². The first-order valence-electron chi connectivity index (χ1n) is 7.10. The first kappa shape index (κ1) is 11.7. The lowest BCUT2D eigenvalue weighted by atomic mass is 9.99. The van der Waals surface area contributed by atoms with Crippen molar-refractivity contribution in [3.63, 3.8) is 0 Å². The van der Waals surface area contributed by atoms with Gasteiger partial charge in [0.15, 0.2) is 0 Å². The van der Waals surface area contributed by atoms with Gasteiger partial charge in [-0.2, -0.15) is 0 Å². The molecule has 0 bridgehead atoms. The zero-order valence-electron chi connectivity index (χ0n) is 11.5. The fraction of sp³-hybridized carbons (Fsp3) is 0.235. The summed E-state index contributed by atoms with van der Waals surface area (Å²) in [5, 5.41) is 3.41. The number of fused-ring (bicyclic) bond motifs is 2. The van der Waals surface area contributed by atoms with Crippen LogP contribution < -0.4 is 5.32 Å². The summed E-state index contributed by atoms with van der Waals surface area (Å²) in [6.45, 7) is 0. The minimum atomic E-state index is 0.493. The molecule has 1 aromatic carbocycles. The molecule has 0 aliphatic heterocycles. The Morgan fingerprint density at radius 1 is 1.20 bits per heavy atom. The van der Waals surface area contributed by atoms with Crippen LogP contribution in [0.4, 0.5) is 0 Å². The van der Waals surface area contributed by atoms with Crippen molar-refractivity contribution in [3.05, 3.63) is 59.9 Å². The Bertz CT molecular complexity index is 773. The van der Waals surface area contributed by atoms with Crippen LogP contribution in [0.2, 0.25) is 0 Å². The number of benzene rings is 1. The summed E-state index contributed by atoms with van der Waals surface area (Å²) >= 11 is 0. The summed E-state index contributed by atoms with van der Waals surface area (Å²) < 4.78 is 2.17. The molecular formula is C17H17N3. The highest BCUT2D eigenvalue weighted by Crippen LogP contribution is 2.37. The van der Waals surface area contributed by atoms with E-state index in [1.54, 1.807) is 0 Å². The maximum atomic E-state index is 4.38. The van der Waals surface area contributed by atoms with Crippen LogP contribution in [0.3, 0.4) is 0 Å². The number of pyridine rings is 1. The van der Waals surface area contributed by atoms with E-state index in [0.717, 1.165) is 12.1 Å². The van der Waals surface area contributed by atoms with Gasteiger partial charge >= 0.3 is 0 Å². The summed E-state index contributed by atoms with van der Waals surface area (Å²) in [7, 11) is 2.04. The molecule has 20 heavy (non-hydrogen) atoms. The van der Waals surface area contributed by atoms with E-state index in [9.17, 15) is 0 Å². The second kappa shape index (κ2) is 4.46. The van der Waals surface area contributed by atoms with Crippen molar-refractivity contribution in [1.82, 2.24) is 14.7 Å².